The molecule has 12 heteroatoms. The largest absolute Gasteiger partial charge is 0.354 e. The molecule has 0 unspecified atom stereocenters. The number of sulfonamides is 1. The Labute approximate surface area is 161 Å². The number of hydrogen-bond donors (Lipinski definition) is 1. The highest BCUT2D eigenvalue weighted by molar-refractivity contribution is 7.88. The number of rotatable bonds is 5. The van der Waals surface area contributed by atoms with E-state index in [2.05, 4.69) is 10.3 Å². The quantitative estimate of drug-likeness (QED) is 0.618. The highest BCUT2D eigenvalue weighted by Crippen LogP contribution is 2.18. The fourth-order valence-corrected chi connectivity index (χ4v) is 4.30. The van der Waals surface area contributed by atoms with Gasteiger partial charge in [0.1, 0.15) is 6.54 Å². The first-order valence-electron chi connectivity index (χ1n) is 8.92. The molecule has 11 nitrogen and oxygen atoms in total. The SMILES string of the molecule is Cn1c(=O)c2c(ncn2CC(=O)NCC2CCN(S(C)(=O)=O)CC2)n(C)c1=O. The lowest BCUT2D eigenvalue weighted by atomic mass is 9.98. The summed E-state index contributed by atoms with van der Waals surface area (Å²) >= 11 is 0. The number of imidazole rings is 1. The van der Waals surface area contributed by atoms with Gasteiger partial charge in [0.25, 0.3) is 5.56 Å². The second-order valence-corrected chi connectivity index (χ2v) is 9.14. The number of carbonyl (C=O) groups excluding carboxylic acids is 1. The van der Waals surface area contributed by atoms with Gasteiger partial charge in [-0.3, -0.25) is 18.7 Å². The summed E-state index contributed by atoms with van der Waals surface area (Å²) in [4.78, 5) is 40.7. The van der Waals surface area contributed by atoms with Crippen LogP contribution in [0, 0.1) is 5.92 Å². The maximum Gasteiger partial charge on any atom is 0.332 e. The van der Waals surface area contributed by atoms with Crippen LogP contribution >= 0.6 is 0 Å². The molecule has 0 saturated carbocycles. The van der Waals surface area contributed by atoms with Crippen LogP contribution in [0.2, 0.25) is 0 Å². The summed E-state index contributed by atoms with van der Waals surface area (Å²) in [6.45, 7) is 1.26. The van der Waals surface area contributed by atoms with E-state index in [9.17, 15) is 22.8 Å². The summed E-state index contributed by atoms with van der Waals surface area (Å²) in [6, 6.07) is 0. The van der Waals surface area contributed by atoms with Gasteiger partial charge in [0, 0.05) is 33.7 Å². The third kappa shape index (κ3) is 3.87. The van der Waals surface area contributed by atoms with E-state index in [1.54, 1.807) is 0 Å². The summed E-state index contributed by atoms with van der Waals surface area (Å²) in [5, 5.41) is 2.84. The molecule has 0 atom stereocenters. The molecule has 0 aromatic carbocycles. The molecule has 1 N–H and O–H groups in total. The number of nitrogens with one attached hydrogen (secondary N) is 1. The Hall–Kier alpha value is -2.47. The number of hydrogen-bond acceptors (Lipinski definition) is 6. The average Bonchev–Trinajstić information content (AvgIpc) is 3.06. The van der Waals surface area contributed by atoms with Crippen LogP contribution in [-0.4, -0.2) is 63.2 Å². The topological polar surface area (TPSA) is 128 Å². The van der Waals surface area contributed by atoms with Gasteiger partial charge in [-0.15, -0.1) is 0 Å². The average molecular weight is 412 g/mol. The lowest BCUT2D eigenvalue weighted by Gasteiger charge is -2.30. The Morgan fingerprint density at radius 1 is 1.21 bits per heavy atom. The lowest BCUT2D eigenvalue weighted by Crippen LogP contribution is -2.41. The van der Waals surface area contributed by atoms with Crippen molar-refractivity contribution in [3.63, 3.8) is 0 Å². The van der Waals surface area contributed by atoms with E-state index in [-0.39, 0.29) is 29.5 Å². The van der Waals surface area contributed by atoms with Gasteiger partial charge in [-0.2, -0.15) is 0 Å². The Balaban J connectivity index is 1.64. The van der Waals surface area contributed by atoms with Gasteiger partial charge >= 0.3 is 5.69 Å². The molecular formula is C16H24N6O5S. The van der Waals surface area contributed by atoms with Crippen molar-refractivity contribution in [1.29, 1.82) is 0 Å². The lowest BCUT2D eigenvalue weighted by molar-refractivity contribution is -0.121. The number of fused-ring (bicyclic) bond motifs is 1. The normalized spacial score (nSPS) is 16.5. The van der Waals surface area contributed by atoms with E-state index in [0.29, 0.717) is 32.5 Å². The minimum absolute atomic E-state index is 0.0911. The number of carbonyl (C=O) groups is 1. The molecule has 3 rings (SSSR count). The van der Waals surface area contributed by atoms with Crippen LogP contribution in [0.1, 0.15) is 12.8 Å². The van der Waals surface area contributed by atoms with E-state index in [4.69, 9.17) is 0 Å². The Kier molecular flexibility index (Phi) is 5.44. The molecule has 0 aliphatic carbocycles. The molecule has 1 amide bonds. The van der Waals surface area contributed by atoms with Gasteiger partial charge in [-0.1, -0.05) is 0 Å². The minimum atomic E-state index is -3.17. The van der Waals surface area contributed by atoms with Crippen molar-refractivity contribution < 1.29 is 13.2 Å². The maximum absolute atomic E-state index is 12.4. The van der Waals surface area contributed by atoms with Crippen LogP contribution in [0.25, 0.3) is 11.2 Å². The van der Waals surface area contributed by atoms with E-state index in [0.717, 1.165) is 4.57 Å². The molecular weight excluding hydrogens is 388 g/mol. The number of piperidine rings is 1. The molecule has 1 aliphatic rings. The molecule has 1 aliphatic heterocycles. The molecule has 3 heterocycles. The second kappa shape index (κ2) is 7.51. The van der Waals surface area contributed by atoms with Crippen LogP contribution in [0.5, 0.6) is 0 Å². The fourth-order valence-electron chi connectivity index (χ4n) is 3.43. The zero-order chi connectivity index (χ0) is 20.6. The molecule has 2 aromatic rings. The predicted molar refractivity (Wildman–Crippen MR) is 102 cm³/mol. The van der Waals surface area contributed by atoms with E-state index in [1.165, 1.54) is 40.1 Å². The molecule has 1 fully saturated rings. The predicted octanol–water partition coefficient (Wildman–Crippen LogP) is -1.78. The fraction of sp³-hybridized carbons (Fsp3) is 0.625. The van der Waals surface area contributed by atoms with Crippen molar-refractivity contribution in [2.45, 2.75) is 19.4 Å². The smallest absolute Gasteiger partial charge is 0.332 e. The molecule has 0 bridgehead atoms. The molecule has 0 radical (unpaired) electrons. The summed E-state index contributed by atoms with van der Waals surface area (Å²) in [5.41, 5.74) is -0.556. The Morgan fingerprint density at radius 2 is 1.86 bits per heavy atom. The summed E-state index contributed by atoms with van der Waals surface area (Å²) in [5.74, 6) is -0.0732. The number of nitrogens with zero attached hydrogens (tertiary/aromatic N) is 5. The Morgan fingerprint density at radius 3 is 2.46 bits per heavy atom. The summed E-state index contributed by atoms with van der Waals surface area (Å²) in [7, 11) is -0.272. The van der Waals surface area contributed by atoms with E-state index in [1.807, 2.05) is 0 Å². The number of amides is 1. The van der Waals surface area contributed by atoms with Gasteiger partial charge in [0.15, 0.2) is 11.2 Å². The van der Waals surface area contributed by atoms with Crippen LogP contribution in [0.15, 0.2) is 15.9 Å². The van der Waals surface area contributed by atoms with Crippen LogP contribution in [0.3, 0.4) is 0 Å². The third-order valence-corrected chi connectivity index (χ3v) is 6.46. The van der Waals surface area contributed by atoms with Crippen molar-refractivity contribution in [2.75, 3.05) is 25.9 Å². The summed E-state index contributed by atoms with van der Waals surface area (Å²) in [6.07, 6.45) is 3.94. The minimum Gasteiger partial charge on any atom is -0.354 e. The standard InChI is InChI=1S/C16H24N6O5S/c1-19-14-13(15(24)20(2)16(19)25)21(10-18-14)9-12(23)17-8-11-4-6-22(7-5-11)28(3,26)27/h10-11H,4-9H2,1-3H3,(H,17,23). The molecule has 154 valence electrons. The molecule has 28 heavy (non-hydrogen) atoms. The monoisotopic (exact) mass is 412 g/mol. The van der Waals surface area contributed by atoms with Crippen LogP contribution in [-0.2, 0) is 35.5 Å². The van der Waals surface area contributed by atoms with Gasteiger partial charge in [0.05, 0.1) is 12.6 Å². The first kappa shape index (κ1) is 20.3. The highest BCUT2D eigenvalue weighted by atomic mass is 32.2. The molecule has 1 saturated heterocycles. The van der Waals surface area contributed by atoms with Crippen molar-refractivity contribution >= 4 is 27.1 Å². The third-order valence-electron chi connectivity index (χ3n) is 5.16. The number of aromatic nitrogens is 4. The molecule has 0 spiro atoms. The van der Waals surface area contributed by atoms with Gasteiger partial charge < -0.3 is 9.88 Å². The van der Waals surface area contributed by atoms with E-state index >= 15 is 0 Å². The maximum atomic E-state index is 12.4. The number of aryl methyl sites for hydroxylation is 1. The van der Waals surface area contributed by atoms with E-state index < -0.39 is 21.3 Å². The Bertz CT molecular complexity index is 1120. The first-order chi connectivity index (χ1) is 13.1. The van der Waals surface area contributed by atoms with Crippen molar-refractivity contribution in [1.82, 2.24) is 28.3 Å². The van der Waals surface area contributed by atoms with Gasteiger partial charge in [-0.25, -0.2) is 22.5 Å². The molecule has 2 aromatic heterocycles. The van der Waals surface area contributed by atoms with Crippen molar-refractivity contribution in [3.8, 4) is 0 Å². The zero-order valence-corrected chi connectivity index (χ0v) is 16.9. The van der Waals surface area contributed by atoms with Crippen LogP contribution < -0.4 is 16.6 Å². The van der Waals surface area contributed by atoms with Crippen LogP contribution in [0.4, 0.5) is 0 Å². The highest BCUT2D eigenvalue weighted by Gasteiger charge is 2.25. The van der Waals surface area contributed by atoms with Gasteiger partial charge in [-0.05, 0) is 18.8 Å². The van der Waals surface area contributed by atoms with Crippen molar-refractivity contribution in [2.24, 2.45) is 20.0 Å². The first-order valence-corrected chi connectivity index (χ1v) is 10.8. The summed E-state index contributed by atoms with van der Waals surface area (Å²) < 4.78 is 28.2. The van der Waals surface area contributed by atoms with Crippen molar-refractivity contribution in [3.05, 3.63) is 27.2 Å². The second-order valence-electron chi connectivity index (χ2n) is 7.16. The van der Waals surface area contributed by atoms with Gasteiger partial charge in [0.2, 0.25) is 15.9 Å². The zero-order valence-electron chi connectivity index (χ0n) is 16.1.